The van der Waals surface area contributed by atoms with Crippen molar-refractivity contribution in [3.8, 4) is 11.5 Å². The summed E-state index contributed by atoms with van der Waals surface area (Å²) in [4.78, 5) is 12.4. The van der Waals surface area contributed by atoms with Crippen molar-refractivity contribution in [2.75, 3.05) is 50.0 Å². The number of nitrogens with zero attached hydrogens (tertiary/aromatic N) is 1. The number of anilines is 2. The Morgan fingerprint density at radius 2 is 1.36 bits per heavy atom. The van der Waals surface area contributed by atoms with Crippen LogP contribution in [0, 0.1) is 0 Å². The molecule has 5 aromatic rings. The van der Waals surface area contributed by atoms with Crippen LogP contribution in [-0.4, -0.2) is 83.7 Å². The lowest BCUT2D eigenvalue weighted by Gasteiger charge is -2.43. The molecule has 13 heteroatoms. The third-order valence-electron chi connectivity index (χ3n) is 11.8. The molecule has 5 aromatic carbocycles. The molecule has 6 rings (SSSR count). The Morgan fingerprint density at radius 3 is 1.95 bits per heavy atom. The van der Waals surface area contributed by atoms with Crippen molar-refractivity contribution in [3.63, 3.8) is 0 Å². The molecule has 0 saturated carbocycles. The highest BCUT2D eigenvalue weighted by atomic mass is 32.2. The molecule has 1 atom stereocenters. The number of carbonyl (C=O) groups excluding carboxylic acids is 1. The zero-order valence-corrected chi connectivity index (χ0v) is 39.7. The summed E-state index contributed by atoms with van der Waals surface area (Å²) in [7, 11) is -6.39. The highest BCUT2D eigenvalue weighted by Crippen LogP contribution is 2.38. The number of sulfonamides is 1. The molecule has 1 aliphatic rings. The zero-order valence-electron chi connectivity index (χ0n) is 37.9. The lowest BCUT2D eigenvalue weighted by atomic mass is 10.1. The van der Waals surface area contributed by atoms with Crippen molar-refractivity contribution in [2.24, 2.45) is 0 Å². The Labute approximate surface area is 382 Å². The molecule has 5 N–H and O–H groups in total. The average Bonchev–Trinajstić information content (AvgIpc) is 3.30. The molecule has 1 heterocycles. The minimum atomic E-state index is -3.65. The fourth-order valence-electron chi connectivity index (χ4n) is 8.21. The first-order chi connectivity index (χ1) is 30.9. The van der Waals surface area contributed by atoms with Crippen molar-refractivity contribution in [3.05, 3.63) is 139 Å². The van der Waals surface area contributed by atoms with Crippen molar-refractivity contribution < 1.29 is 27.5 Å². The molecular weight excluding hydrogens is 839 g/mol. The highest BCUT2D eigenvalue weighted by molar-refractivity contribution is 7.89. The number of urea groups is 1. The molecule has 1 fully saturated rings. The van der Waals surface area contributed by atoms with Crippen LogP contribution in [0.5, 0.6) is 11.5 Å². The second kappa shape index (κ2) is 23.1. The normalized spacial score (nSPS) is 14.4. The summed E-state index contributed by atoms with van der Waals surface area (Å²) >= 11 is 0. The first kappa shape index (κ1) is 48.3. The quantitative estimate of drug-likeness (QED) is 0.0346. The molecule has 0 bridgehead atoms. The van der Waals surface area contributed by atoms with Crippen LogP contribution in [0.2, 0.25) is 5.04 Å². The van der Waals surface area contributed by atoms with Crippen LogP contribution in [0.25, 0.3) is 0 Å². The Morgan fingerprint density at radius 1 is 0.766 bits per heavy atom. The Hall–Kier alpha value is -5.18. The Balaban J connectivity index is 0.883. The van der Waals surface area contributed by atoms with E-state index in [1.165, 1.54) is 15.9 Å². The molecule has 0 radical (unpaired) electrons. The number of hydrogen-bond donors (Lipinski definition) is 5. The standard InChI is InChI=1S/C51H67N5O6SSi/c1-5-6-7-14-34-53-50(58)55-42-23-29-47(30-24-42)63(59,60)56-36-32-43(33-37-56)54-41-21-19-40(20-22-41)31-35-52-38-44(57)39-61-45-25-27-46(28-26-45)62-64(51(2,3)4,48-15-10-8-11-16-48)49-17-12-9-13-18-49/h8-13,15-30,43-44,52,54,57H,5-7,14,31-39H2,1-4H3,(H2,53,55,58). The smallest absolute Gasteiger partial charge is 0.319 e. The number of benzene rings is 5. The second-order valence-corrected chi connectivity index (χ2v) is 23.8. The second-order valence-electron chi connectivity index (χ2n) is 17.6. The van der Waals surface area contributed by atoms with Gasteiger partial charge in [-0.2, -0.15) is 4.31 Å². The van der Waals surface area contributed by atoms with Gasteiger partial charge in [0.2, 0.25) is 10.0 Å². The molecule has 1 saturated heterocycles. The number of nitrogens with one attached hydrogen (secondary N) is 4. The number of hydrogen-bond acceptors (Lipinski definition) is 8. The SMILES string of the molecule is CCCCCCNC(=O)Nc1ccc(S(=O)(=O)N2CCC(Nc3ccc(CCNCC(O)COc4ccc(O[Si](c5ccccc5)(c5ccccc5)C(C)(C)C)cc4)cc3)CC2)cc1. The van der Waals surface area contributed by atoms with Gasteiger partial charge >= 0.3 is 14.3 Å². The first-order valence-corrected chi connectivity index (χ1v) is 26.1. The van der Waals surface area contributed by atoms with Crippen LogP contribution in [0.4, 0.5) is 16.2 Å². The number of aliphatic hydroxyl groups is 1. The average molecular weight is 906 g/mol. The molecule has 0 aliphatic carbocycles. The lowest BCUT2D eigenvalue weighted by molar-refractivity contribution is 0.106. The lowest BCUT2D eigenvalue weighted by Crippen LogP contribution is -2.68. The van der Waals surface area contributed by atoms with Crippen LogP contribution < -0.4 is 40.8 Å². The molecule has 0 spiro atoms. The summed E-state index contributed by atoms with van der Waals surface area (Å²) < 4.78 is 41.4. The first-order valence-electron chi connectivity index (χ1n) is 22.8. The van der Waals surface area contributed by atoms with E-state index < -0.39 is 24.4 Å². The van der Waals surface area contributed by atoms with E-state index in [0.717, 1.165) is 43.5 Å². The zero-order chi connectivity index (χ0) is 45.4. The third kappa shape index (κ3) is 13.2. The van der Waals surface area contributed by atoms with Gasteiger partial charge in [-0.3, -0.25) is 0 Å². The monoisotopic (exact) mass is 905 g/mol. The molecular formula is C51H67N5O6SSi. The number of aliphatic hydroxyl groups excluding tert-OH is 1. The van der Waals surface area contributed by atoms with E-state index >= 15 is 0 Å². The molecule has 342 valence electrons. The third-order valence-corrected chi connectivity index (χ3v) is 18.6. The van der Waals surface area contributed by atoms with Gasteiger partial charge in [0.1, 0.15) is 24.2 Å². The van der Waals surface area contributed by atoms with Gasteiger partial charge in [0, 0.05) is 43.6 Å². The minimum Gasteiger partial charge on any atom is -0.534 e. The maximum absolute atomic E-state index is 13.4. The van der Waals surface area contributed by atoms with Gasteiger partial charge < -0.3 is 35.5 Å². The molecule has 2 amide bonds. The van der Waals surface area contributed by atoms with Gasteiger partial charge in [0.15, 0.2) is 0 Å². The topological polar surface area (TPSA) is 141 Å². The molecule has 64 heavy (non-hydrogen) atoms. The molecule has 1 aliphatic heterocycles. The van der Waals surface area contributed by atoms with Gasteiger partial charge in [-0.25, -0.2) is 13.2 Å². The van der Waals surface area contributed by atoms with Crippen LogP contribution in [0.3, 0.4) is 0 Å². The Kier molecular flexibility index (Phi) is 17.5. The largest absolute Gasteiger partial charge is 0.534 e. The number of amides is 2. The maximum atomic E-state index is 13.4. The van der Waals surface area contributed by atoms with Crippen molar-refractivity contribution in [1.82, 2.24) is 14.9 Å². The Bertz CT molecular complexity index is 2230. The van der Waals surface area contributed by atoms with Gasteiger partial charge in [-0.05, 0) is 114 Å². The van der Waals surface area contributed by atoms with E-state index in [4.69, 9.17) is 9.16 Å². The predicted octanol–water partition coefficient (Wildman–Crippen LogP) is 8.16. The molecule has 11 nitrogen and oxygen atoms in total. The van der Waals surface area contributed by atoms with Crippen molar-refractivity contribution in [2.45, 2.75) is 94.7 Å². The fraction of sp³-hybridized carbons (Fsp3) is 0.392. The number of ether oxygens (including phenoxy) is 1. The summed E-state index contributed by atoms with van der Waals surface area (Å²) in [6.07, 6.45) is 5.82. The summed E-state index contributed by atoms with van der Waals surface area (Å²) in [5.41, 5.74) is 2.73. The van der Waals surface area contributed by atoms with E-state index in [1.807, 2.05) is 36.4 Å². The van der Waals surface area contributed by atoms with E-state index in [1.54, 1.807) is 28.6 Å². The van der Waals surface area contributed by atoms with Crippen molar-refractivity contribution >= 4 is 46.1 Å². The van der Waals surface area contributed by atoms with Gasteiger partial charge in [-0.1, -0.05) is 120 Å². The summed E-state index contributed by atoms with van der Waals surface area (Å²) in [5.74, 6) is 1.45. The van der Waals surface area contributed by atoms with Crippen LogP contribution in [-0.2, 0) is 16.4 Å². The summed E-state index contributed by atoms with van der Waals surface area (Å²) in [6.45, 7) is 11.7. The number of carbonyl (C=O) groups is 1. The highest BCUT2D eigenvalue weighted by Gasteiger charge is 2.52. The maximum Gasteiger partial charge on any atom is 0.319 e. The number of unbranched alkanes of at least 4 members (excludes halogenated alkanes) is 3. The fourth-order valence-corrected chi connectivity index (χ4v) is 14.1. The molecule has 1 unspecified atom stereocenters. The summed E-state index contributed by atoms with van der Waals surface area (Å²) in [6, 6.07) is 43.4. The van der Waals surface area contributed by atoms with Crippen LogP contribution in [0.15, 0.2) is 138 Å². The van der Waals surface area contributed by atoms with Crippen LogP contribution >= 0.6 is 0 Å². The number of piperidine rings is 1. The predicted molar refractivity (Wildman–Crippen MR) is 262 cm³/mol. The van der Waals surface area contributed by atoms with Gasteiger partial charge in [0.25, 0.3) is 0 Å². The van der Waals surface area contributed by atoms with Crippen molar-refractivity contribution in [1.29, 1.82) is 0 Å². The van der Waals surface area contributed by atoms with E-state index in [0.29, 0.717) is 57.0 Å². The number of rotatable bonds is 22. The molecule has 0 aromatic heterocycles. The summed E-state index contributed by atoms with van der Waals surface area (Å²) in [5, 5.41) is 25.5. The van der Waals surface area contributed by atoms with Gasteiger partial charge in [0.05, 0.1) is 4.90 Å². The van der Waals surface area contributed by atoms with Gasteiger partial charge in [-0.15, -0.1) is 0 Å². The van der Waals surface area contributed by atoms with Crippen LogP contribution in [0.1, 0.15) is 71.8 Å². The van der Waals surface area contributed by atoms with E-state index in [-0.39, 0.29) is 28.6 Å². The minimum absolute atomic E-state index is 0.149. The van der Waals surface area contributed by atoms with E-state index in [9.17, 15) is 18.3 Å². The van der Waals surface area contributed by atoms with E-state index in [2.05, 4.69) is 122 Å².